The van der Waals surface area contributed by atoms with Crippen LogP contribution in [0.2, 0.25) is 0 Å². The number of aliphatic hydroxyl groups is 1. The van der Waals surface area contributed by atoms with Gasteiger partial charge in [-0.3, -0.25) is 4.90 Å². The number of benzene rings is 3. The van der Waals surface area contributed by atoms with E-state index in [1.54, 1.807) is 18.2 Å². The summed E-state index contributed by atoms with van der Waals surface area (Å²) < 4.78 is 69.6. The number of nitrogens with zero attached hydrogens (tertiary/aromatic N) is 1. The fourth-order valence-corrected chi connectivity index (χ4v) is 5.06. The Hall–Kier alpha value is -2.88. The van der Waals surface area contributed by atoms with Crippen LogP contribution in [0.3, 0.4) is 0 Å². The molecule has 37 heavy (non-hydrogen) atoms. The highest BCUT2D eigenvalue weighted by atomic mass is 32.2. The normalized spacial score (nSPS) is 12.2. The van der Waals surface area contributed by atoms with Crippen molar-refractivity contribution in [2.45, 2.75) is 36.9 Å². The number of sulfone groups is 1. The number of aliphatic hydroxyl groups excluding tert-OH is 1. The molecule has 0 fully saturated rings. The molecule has 0 radical (unpaired) electrons. The van der Waals surface area contributed by atoms with E-state index in [4.69, 9.17) is 4.74 Å². The molecule has 200 valence electrons. The second kappa shape index (κ2) is 13.1. The van der Waals surface area contributed by atoms with Crippen molar-refractivity contribution in [2.24, 2.45) is 0 Å². The van der Waals surface area contributed by atoms with E-state index in [9.17, 15) is 26.7 Å². The summed E-state index contributed by atoms with van der Waals surface area (Å²) in [6.45, 7) is 1.77. The molecule has 0 aromatic heterocycles. The molecule has 0 aliphatic carbocycles. The van der Waals surface area contributed by atoms with Gasteiger partial charge in [-0.2, -0.15) is 13.2 Å². The summed E-state index contributed by atoms with van der Waals surface area (Å²) in [7, 11) is -3.48. The Kier molecular flexibility index (Phi) is 10.1. The Morgan fingerprint density at radius 2 is 1.62 bits per heavy atom. The van der Waals surface area contributed by atoms with Crippen molar-refractivity contribution >= 4 is 9.84 Å². The van der Waals surface area contributed by atoms with Crippen molar-refractivity contribution in [1.82, 2.24) is 4.90 Å². The van der Waals surface area contributed by atoms with Crippen LogP contribution in [0.4, 0.5) is 13.2 Å². The van der Waals surface area contributed by atoms with Crippen molar-refractivity contribution < 1.29 is 31.4 Å². The summed E-state index contributed by atoms with van der Waals surface area (Å²) in [6, 6.07) is 20.1. The molecule has 3 aromatic rings. The molecule has 9 heteroatoms. The maximum absolute atomic E-state index is 13.2. The zero-order valence-electron chi connectivity index (χ0n) is 20.7. The van der Waals surface area contributed by atoms with Gasteiger partial charge in [0.25, 0.3) is 0 Å². The number of alkyl halides is 3. The van der Waals surface area contributed by atoms with E-state index < -0.39 is 21.6 Å². The van der Waals surface area contributed by atoms with Gasteiger partial charge in [0.15, 0.2) is 9.84 Å². The number of rotatable bonds is 13. The molecule has 3 aromatic carbocycles. The number of hydrogen-bond donors (Lipinski definition) is 1. The van der Waals surface area contributed by atoms with E-state index in [0.29, 0.717) is 49.5 Å². The molecule has 5 nitrogen and oxygen atoms in total. The van der Waals surface area contributed by atoms with Crippen LogP contribution >= 0.6 is 0 Å². The number of hydrogen-bond acceptors (Lipinski definition) is 5. The van der Waals surface area contributed by atoms with Gasteiger partial charge in [-0.1, -0.05) is 54.6 Å². The topological polar surface area (TPSA) is 66.8 Å². The van der Waals surface area contributed by atoms with Crippen LogP contribution in [0, 0.1) is 0 Å². The van der Waals surface area contributed by atoms with Crippen LogP contribution in [0.25, 0.3) is 0 Å². The van der Waals surface area contributed by atoms with Gasteiger partial charge >= 0.3 is 6.18 Å². The van der Waals surface area contributed by atoms with Crippen LogP contribution in [0.5, 0.6) is 5.75 Å². The van der Waals surface area contributed by atoms with Crippen LogP contribution in [-0.4, -0.2) is 51.0 Å². The van der Waals surface area contributed by atoms with Gasteiger partial charge in [0.2, 0.25) is 0 Å². The second-order valence-corrected chi connectivity index (χ2v) is 10.9. The molecular weight excluding hydrogens is 503 g/mol. The lowest BCUT2D eigenvalue weighted by Gasteiger charge is -2.23. The molecule has 3 rings (SSSR count). The molecule has 0 aliphatic heterocycles. The Balaban J connectivity index is 1.64. The number of halogens is 3. The van der Waals surface area contributed by atoms with E-state index in [-0.39, 0.29) is 17.9 Å². The first-order valence-corrected chi connectivity index (χ1v) is 13.9. The maximum Gasteiger partial charge on any atom is 0.416 e. The predicted molar refractivity (Wildman–Crippen MR) is 137 cm³/mol. The third-order valence-electron chi connectivity index (χ3n) is 5.93. The van der Waals surface area contributed by atoms with E-state index in [2.05, 4.69) is 4.90 Å². The standard InChI is InChI=1S/C28H32F3NO4S/c1-37(34,35)27-20-26(12-11-24(27)14-17-33)36-18-6-15-32(16-13-22-7-3-2-4-8-22)21-23-9-5-10-25(19-23)28(29,30)31/h2-5,7-12,19-20,33H,6,13-18,21H2,1H3. The fourth-order valence-electron chi connectivity index (χ4n) is 4.08. The highest BCUT2D eigenvalue weighted by Crippen LogP contribution is 2.30. The first kappa shape index (κ1) is 28.7. The molecule has 0 saturated heterocycles. The zero-order valence-corrected chi connectivity index (χ0v) is 21.6. The molecule has 0 aliphatic rings. The van der Waals surface area contributed by atoms with Crippen molar-refractivity contribution in [3.8, 4) is 5.75 Å². The third kappa shape index (κ3) is 9.18. The first-order valence-electron chi connectivity index (χ1n) is 12.1. The van der Waals surface area contributed by atoms with Crippen molar-refractivity contribution in [3.63, 3.8) is 0 Å². The molecule has 0 amide bonds. The van der Waals surface area contributed by atoms with Crippen LogP contribution in [0.1, 0.15) is 28.7 Å². The minimum absolute atomic E-state index is 0.132. The minimum Gasteiger partial charge on any atom is -0.494 e. The van der Waals surface area contributed by atoms with Crippen LogP contribution in [-0.2, 0) is 35.4 Å². The average molecular weight is 536 g/mol. The summed E-state index contributed by atoms with van der Waals surface area (Å²) >= 11 is 0. The molecule has 0 saturated carbocycles. The summed E-state index contributed by atoms with van der Waals surface area (Å²) in [5.41, 5.74) is 1.60. The molecule has 0 spiro atoms. The van der Waals surface area contributed by atoms with Crippen LogP contribution < -0.4 is 4.74 Å². The molecule has 0 unspecified atom stereocenters. The quantitative estimate of drug-likeness (QED) is 0.307. The SMILES string of the molecule is CS(=O)(=O)c1cc(OCCCN(CCc2ccccc2)Cc2cccc(C(F)(F)F)c2)ccc1CCO. The third-order valence-corrected chi connectivity index (χ3v) is 7.11. The summed E-state index contributed by atoms with van der Waals surface area (Å²) in [4.78, 5) is 2.23. The maximum atomic E-state index is 13.2. The summed E-state index contributed by atoms with van der Waals surface area (Å²) in [6.07, 6.45) is -1.69. The smallest absolute Gasteiger partial charge is 0.416 e. The van der Waals surface area contributed by atoms with Crippen molar-refractivity contribution in [3.05, 3.63) is 95.1 Å². The van der Waals surface area contributed by atoms with Gasteiger partial charge in [0, 0.05) is 32.5 Å². The lowest BCUT2D eigenvalue weighted by molar-refractivity contribution is -0.137. The largest absolute Gasteiger partial charge is 0.494 e. The van der Waals surface area contributed by atoms with E-state index in [1.807, 2.05) is 30.3 Å². The van der Waals surface area contributed by atoms with Crippen LogP contribution in [0.15, 0.2) is 77.7 Å². The molecule has 0 bridgehead atoms. The van der Waals surface area contributed by atoms with Gasteiger partial charge in [-0.15, -0.1) is 0 Å². The summed E-state index contributed by atoms with van der Waals surface area (Å²) in [5, 5.41) is 9.20. The number of ether oxygens (including phenoxy) is 1. The van der Waals surface area contributed by atoms with Gasteiger partial charge in [0.05, 0.1) is 17.1 Å². The Bertz CT molecular complexity index is 1250. The lowest BCUT2D eigenvalue weighted by Crippen LogP contribution is -2.28. The lowest BCUT2D eigenvalue weighted by atomic mass is 10.1. The predicted octanol–water partition coefficient (Wildman–Crippen LogP) is 5.16. The Morgan fingerprint density at radius 1 is 0.892 bits per heavy atom. The van der Waals surface area contributed by atoms with Gasteiger partial charge in [-0.25, -0.2) is 8.42 Å². The zero-order chi connectivity index (χ0) is 26.9. The minimum atomic E-state index is -4.39. The second-order valence-electron chi connectivity index (χ2n) is 8.93. The fraction of sp³-hybridized carbons (Fsp3) is 0.357. The van der Waals surface area contributed by atoms with Crippen molar-refractivity contribution in [1.29, 1.82) is 0 Å². The molecular formula is C28H32F3NO4S. The summed E-state index contributed by atoms with van der Waals surface area (Å²) in [5.74, 6) is 0.413. The van der Waals surface area contributed by atoms with E-state index in [1.165, 1.54) is 18.2 Å². The Labute approximate surface area is 216 Å². The van der Waals surface area contributed by atoms with E-state index in [0.717, 1.165) is 24.3 Å². The first-order chi connectivity index (χ1) is 17.6. The van der Waals surface area contributed by atoms with Crippen molar-refractivity contribution in [2.75, 3.05) is 32.6 Å². The molecule has 0 atom stereocenters. The monoisotopic (exact) mass is 535 g/mol. The Morgan fingerprint density at radius 3 is 2.30 bits per heavy atom. The van der Waals surface area contributed by atoms with E-state index >= 15 is 0 Å². The van der Waals surface area contributed by atoms with Gasteiger partial charge in [-0.05, 0) is 54.2 Å². The average Bonchev–Trinajstić information content (AvgIpc) is 2.85. The molecule has 1 N–H and O–H groups in total. The highest BCUT2D eigenvalue weighted by Gasteiger charge is 2.30. The highest BCUT2D eigenvalue weighted by molar-refractivity contribution is 7.90. The molecule has 0 heterocycles. The van der Waals surface area contributed by atoms with Gasteiger partial charge < -0.3 is 9.84 Å². The van der Waals surface area contributed by atoms with Gasteiger partial charge in [0.1, 0.15) is 5.75 Å².